The van der Waals surface area contributed by atoms with Gasteiger partial charge < -0.3 is 13.7 Å². The predicted molar refractivity (Wildman–Crippen MR) is 144 cm³/mol. The van der Waals surface area contributed by atoms with Crippen molar-refractivity contribution in [1.82, 2.24) is 9.55 Å². The van der Waals surface area contributed by atoms with Crippen LogP contribution in [0.25, 0.3) is 22.3 Å². The van der Waals surface area contributed by atoms with Crippen LogP contribution in [0.2, 0.25) is 0 Å². The number of anilines is 1. The Morgan fingerprint density at radius 2 is 1.79 bits per heavy atom. The summed E-state index contributed by atoms with van der Waals surface area (Å²) in [4.78, 5) is 17.6. The van der Waals surface area contributed by atoms with E-state index < -0.39 is 55.6 Å². The second-order valence-electron chi connectivity index (χ2n) is 9.93. The summed E-state index contributed by atoms with van der Waals surface area (Å²) in [5, 5.41) is -0.397. The summed E-state index contributed by atoms with van der Waals surface area (Å²) in [7, 11) is -5.94. The van der Waals surface area contributed by atoms with Gasteiger partial charge in [-0.3, -0.25) is 4.72 Å². The topological polar surface area (TPSA) is 103 Å². The van der Waals surface area contributed by atoms with Crippen molar-refractivity contribution < 1.29 is 48.7 Å². The van der Waals surface area contributed by atoms with Crippen molar-refractivity contribution in [3.8, 4) is 11.3 Å². The monoisotopic (exact) mass is 629 g/mol. The molecule has 43 heavy (non-hydrogen) atoms. The Kier molecular flexibility index (Phi) is 7.73. The number of hydrogen-bond acceptors (Lipinski definition) is 6. The molecule has 1 aliphatic carbocycles. The summed E-state index contributed by atoms with van der Waals surface area (Å²) in [5.74, 6) is -0.797. The standard InChI is InChI=1S/C28H25F6N3O5S/c1-3-21-35-23(16-10-11-16)24(26(38)41-4-2)37(21)14-15-9-12-20-18(13-15)22(27(29,30)31)25(42-20)17-7-5-6-8-19(17)36-43(39,40)28(32,33)34/h5-9,12-13,16,36H,3-4,10-11,14H2,1-2H3. The number of imidazole rings is 1. The molecule has 0 atom stereocenters. The summed E-state index contributed by atoms with van der Waals surface area (Å²) in [6.07, 6.45) is -2.90. The third kappa shape index (κ3) is 5.82. The van der Waals surface area contributed by atoms with Crippen molar-refractivity contribution in [3.05, 3.63) is 70.8 Å². The molecule has 0 saturated heterocycles. The summed E-state index contributed by atoms with van der Waals surface area (Å²) < 4.78 is 120. The van der Waals surface area contributed by atoms with Crippen LogP contribution in [0.4, 0.5) is 32.0 Å². The zero-order valence-corrected chi connectivity index (χ0v) is 23.6. The number of carbonyl (C=O) groups excluding carboxylic acids is 1. The van der Waals surface area contributed by atoms with Crippen molar-refractivity contribution in [3.63, 3.8) is 0 Å². The highest BCUT2D eigenvalue weighted by atomic mass is 32.2. The second kappa shape index (κ2) is 10.9. The first-order valence-corrected chi connectivity index (χ1v) is 14.7. The SMILES string of the molecule is CCOC(=O)c1c(C2CC2)nc(CC)n1Cc1ccc2oc(-c3ccccc3NS(=O)(=O)C(F)(F)F)c(C(F)(F)F)c2c1. The molecule has 0 bridgehead atoms. The highest BCUT2D eigenvalue weighted by Gasteiger charge is 2.47. The highest BCUT2D eigenvalue weighted by Crippen LogP contribution is 2.46. The van der Waals surface area contributed by atoms with Crippen LogP contribution in [-0.2, 0) is 33.9 Å². The number of hydrogen-bond donors (Lipinski definition) is 1. The number of nitrogens with one attached hydrogen (secondary N) is 1. The van der Waals surface area contributed by atoms with E-state index in [4.69, 9.17) is 9.15 Å². The average Bonchev–Trinajstić information content (AvgIpc) is 3.59. The maximum Gasteiger partial charge on any atom is 0.516 e. The van der Waals surface area contributed by atoms with E-state index in [1.54, 1.807) is 11.5 Å². The number of nitrogens with zero attached hydrogens (tertiary/aromatic N) is 2. The molecule has 2 heterocycles. The van der Waals surface area contributed by atoms with Crippen LogP contribution >= 0.6 is 0 Å². The van der Waals surface area contributed by atoms with Gasteiger partial charge in [-0.1, -0.05) is 25.1 Å². The van der Waals surface area contributed by atoms with E-state index in [0.717, 1.165) is 25.0 Å². The third-order valence-corrected chi connectivity index (χ3v) is 8.02. The van der Waals surface area contributed by atoms with Gasteiger partial charge in [0.25, 0.3) is 0 Å². The molecular formula is C28H25F6N3O5S. The van der Waals surface area contributed by atoms with Crippen molar-refractivity contribution in [1.29, 1.82) is 0 Å². The minimum absolute atomic E-state index is 0.0211. The molecule has 0 amide bonds. The molecule has 0 aliphatic heterocycles. The predicted octanol–water partition coefficient (Wildman–Crippen LogP) is 7.24. The van der Waals surface area contributed by atoms with Gasteiger partial charge in [0.2, 0.25) is 0 Å². The maximum atomic E-state index is 14.5. The fraction of sp³-hybridized carbons (Fsp3) is 0.357. The van der Waals surface area contributed by atoms with E-state index in [9.17, 15) is 39.6 Å². The van der Waals surface area contributed by atoms with Gasteiger partial charge in [-0.25, -0.2) is 9.78 Å². The first-order chi connectivity index (χ1) is 20.2. The number of rotatable bonds is 9. The molecule has 0 radical (unpaired) electrons. The highest BCUT2D eigenvalue weighted by molar-refractivity contribution is 7.93. The van der Waals surface area contributed by atoms with Gasteiger partial charge >= 0.3 is 27.7 Å². The number of aromatic nitrogens is 2. The molecule has 8 nitrogen and oxygen atoms in total. The number of esters is 1. The molecule has 2 aromatic carbocycles. The van der Waals surface area contributed by atoms with Gasteiger partial charge in [0.15, 0.2) is 5.69 Å². The van der Waals surface area contributed by atoms with Gasteiger partial charge in [0.05, 0.1) is 18.0 Å². The Hall–Kier alpha value is -4.01. The van der Waals surface area contributed by atoms with Crippen LogP contribution in [0, 0.1) is 0 Å². The molecule has 230 valence electrons. The number of furan rings is 1. The molecule has 1 fully saturated rings. The normalized spacial score (nSPS) is 14.3. The van der Waals surface area contributed by atoms with Gasteiger partial charge in [-0.15, -0.1) is 0 Å². The summed E-state index contributed by atoms with van der Waals surface area (Å²) in [6.45, 7) is 3.59. The zero-order valence-electron chi connectivity index (χ0n) is 22.8. The molecule has 15 heteroatoms. The quantitative estimate of drug-likeness (QED) is 0.155. The lowest BCUT2D eigenvalue weighted by molar-refractivity contribution is -0.136. The van der Waals surface area contributed by atoms with Crippen LogP contribution in [0.5, 0.6) is 0 Å². The number of aryl methyl sites for hydroxylation is 1. The Bertz CT molecular complexity index is 1800. The van der Waals surface area contributed by atoms with Crippen LogP contribution in [0.3, 0.4) is 0 Å². The van der Waals surface area contributed by atoms with Gasteiger partial charge in [0.1, 0.15) is 22.7 Å². The first-order valence-electron chi connectivity index (χ1n) is 13.2. The maximum absolute atomic E-state index is 14.5. The van der Waals surface area contributed by atoms with E-state index in [2.05, 4.69) is 4.98 Å². The number of ether oxygens (including phenoxy) is 1. The number of alkyl halides is 6. The van der Waals surface area contributed by atoms with E-state index in [1.807, 2.05) is 6.92 Å². The van der Waals surface area contributed by atoms with Gasteiger partial charge in [-0.2, -0.15) is 34.8 Å². The van der Waals surface area contributed by atoms with Crippen LogP contribution in [0.15, 0.2) is 46.9 Å². The summed E-state index contributed by atoms with van der Waals surface area (Å²) >= 11 is 0. The zero-order chi connectivity index (χ0) is 31.3. The minimum atomic E-state index is -5.94. The summed E-state index contributed by atoms with van der Waals surface area (Å²) in [5.41, 5.74) is -7.33. The molecule has 4 aromatic rings. The smallest absolute Gasteiger partial charge is 0.461 e. The number of sulfonamides is 1. The molecule has 0 spiro atoms. The lowest BCUT2D eigenvalue weighted by atomic mass is 10.0. The van der Waals surface area contributed by atoms with Crippen LogP contribution in [0.1, 0.15) is 65.7 Å². The number of halogens is 6. The Labute approximate surface area is 241 Å². The largest absolute Gasteiger partial charge is 0.516 e. The molecule has 1 saturated carbocycles. The molecule has 1 aliphatic rings. The second-order valence-corrected chi connectivity index (χ2v) is 11.6. The van der Waals surface area contributed by atoms with E-state index in [0.29, 0.717) is 23.5 Å². The fourth-order valence-electron chi connectivity index (χ4n) is 4.89. The Balaban J connectivity index is 1.63. The van der Waals surface area contributed by atoms with Crippen molar-refractivity contribution in [2.24, 2.45) is 0 Å². The van der Waals surface area contributed by atoms with Gasteiger partial charge in [-0.05, 0) is 49.6 Å². The molecule has 0 unspecified atom stereocenters. The molecule has 1 N–H and O–H groups in total. The summed E-state index contributed by atoms with van der Waals surface area (Å²) in [6, 6.07) is 8.32. The van der Waals surface area contributed by atoms with E-state index in [-0.39, 0.29) is 30.3 Å². The van der Waals surface area contributed by atoms with E-state index >= 15 is 0 Å². The third-order valence-electron chi connectivity index (χ3n) is 6.92. The van der Waals surface area contributed by atoms with Crippen molar-refractivity contribution in [2.45, 2.75) is 57.3 Å². The Morgan fingerprint density at radius 3 is 2.40 bits per heavy atom. The first kappa shape index (κ1) is 30.4. The Morgan fingerprint density at radius 1 is 1.09 bits per heavy atom. The average molecular weight is 630 g/mol. The lowest BCUT2D eigenvalue weighted by Crippen LogP contribution is -2.30. The minimum Gasteiger partial charge on any atom is -0.461 e. The molecule has 2 aromatic heterocycles. The van der Waals surface area contributed by atoms with E-state index in [1.165, 1.54) is 35.1 Å². The number of para-hydroxylation sites is 1. The number of fused-ring (bicyclic) bond motifs is 1. The number of carbonyl (C=O) groups is 1. The van der Waals surface area contributed by atoms with Gasteiger partial charge in [0, 0.05) is 29.8 Å². The van der Waals surface area contributed by atoms with Crippen LogP contribution in [-0.4, -0.2) is 36.1 Å². The van der Waals surface area contributed by atoms with Crippen molar-refractivity contribution in [2.75, 3.05) is 11.3 Å². The number of benzene rings is 2. The van der Waals surface area contributed by atoms with Crippen molar-refractivity contribution >= 4 is 32.6 Å². The fourth-order valence-corrected chi connectivity index (χ4v) is 5.47. The molecule has 5 rings (SSSR count). The van der Waals surface area contributed by atoms with Crippen LogP contribution < -0.4 is 4.72 Å². The lowest BCUT2D eigenvalue weighted by Gasteiger charge is -2.14. The molecular weight excluding hydrogens is 604 g/mol.